The molecule has 6 nitrogen and oxygen atoms in total. The van der Waals surface area contributed by atoms with E-state index in [1.54, 1.807) is 0 Å². The number of hydrogen-bond donors (Lipinski definition) is 1. The number of benzene rings is 2. The number of nitro groups is 1. The number of nitro benzene ring substituents is 1. The molecule has 0 saturated carbocycles. The number of nitrogens with zero attached hydrogens (tertiary/aromatic N) is 2. The van der Waals surface area contributed by atoms with Crippen LogP contribution in [0.2, 0.25) is 0 Å². The van der Waals surface area contributed by atoms with E-state index in [1.807, 2.05) is 26.0 Å². The van der Waals surface area contributed by atoms with Gasteiger partial charge in [0.25, 0.3) is 11.6 Å². The lowest BCUT2D eigenvalue weighted by atomic mass is 10.1. The molecule has 1 amide bonds. The summed E-state index contributed by atoms with van der Waals surface area (Å²) in [6, 6.07) is 9.54. The van der Waals surface area contributed by atoms with E-state index >= 15 is 0 Å². The van der Waals surface area contributed by atoms with E-state index in [9.17, 15) is 14.9 Å². The lowest BCUT2D eigenvalue weighted by molar-refractivity contribution is -0.384. The quantitative estimate of drug-likeness (QED) is 0.580. The largest absolute Gasteiger partial charge is 0.298 e. The Balaban J connectivity index is 1.85. The molecule has 1 N–H and O–H groups in total. The number of amides is 1. The molecule has 0 aliphatic rings. The van der Waals surface area contributed by atoms with Crippen molar-refractivity contribution < 1.29 is 9.72 Å². The lowest BCUT2D eigenvalue weighted by Gasteiger charge is -2.01. The first-order valence-corrected chi connectivity index (χ1v) is 7.69. The third-order valence-corrected chi connectivity index (χ3v) is 4.31. The van der Waals surface area contributed by atoms with E-state index in [0.717, 1.165) is 21.3 Å². The number of anilines is 1. The fraction of sp³-hybridized carbons (Fsp3) is 0.125. The number of thiazole rings is 1. The predicted molar refractivity (Wildman–Crippen MR) is 90.1 cm³/mol. The Morgan fingerprint density at radius 1 is 1.22 bits per heavy atom. The number of carbonyl (C=O) groups excluding carboxylic acids is 1. The van der Waals surface area contributed by atoms with Gasteiger partial charge in [0.2, 0.25) is 0 Å². The van der Waals surface area contributed by atoms with Crippen LogP contribution in [-0.4, -0.2) is 15.8 Å². The molecule has 0 bridgehead atoms. The maximum atomic E-state index is 12.2. The SMILES string of the molecule is Cc1cc(C)c2nc(NC(=O)c3ccc([N+](=O)[O-])cc3)sc2c1. The highest BCUT2D eigenvalue weighted by atomic mass is 32.1. The Hall–Kier alpha value is -2.80. The van der Waals surface area contributed by atoms with Crippen molar-refractivity contribution >= 4 is 38.3 Å². The molecule has 3 rings (SSSR count). The van der Waals surface area contributed by atoms with E-state index in [1.165, 1.54) is 35.6 Å². The molecule has 1 aromatic heterocycles. The maximum Gasteiger partial charge on any atom is 0.269 e. The van der Waals surface area contributed by atoms with Crippen LogP contribution in [0.25, 0.3) is 10.2 Å². The van der Waals surface area contributed by atoms with Gasteiger partial charge < -0.3 is 0 Å². The van der Waals surface area contributed by atoms with E-state index in [-0.39, 0.29) is 11.6 Å². The summed E-state index contributed by atoms with van der Waals surface area (Å²) in [5.74, 6) is -0.340. The molecule has 3 aromatic rings. The highest BCUT2D eigenvalue weighted by Crippen LogP contribution is 2.29. The second kappa shape index (κ2) is 5.77. The van der Waals surface area contributed by atoms with Crippen LogP contribution in [0, 0.1) is 24.0 Å². The summed E-state index contributed by atoms with van der Waals surface area (Å²) in [7, 11) is 0. The van der Waals surface area contributed by atoms with E-state index in [4.69, 9.17) is 0 Å². The Kier molecular flexibility index (Phi) is 3.79. The summed E-state index contributed by atoms with van der Waals surface area (Å²) in [5, 5.41) is 13.9. The summed E-state index contributed by atoms with van der Waals surface area (Å²) in [6.07, 6.45) is 0. The molecule has 116 valence electrons. The van der Waals surface area contributed by atoms with Crippen molar-refractivity contribution in [3.05, 3.63) is 63.2 Å². The van der Waals surface area contributed by atoms with Crippen LogP contribution in [0.15, 0.2) is 36.4 Å². The lowest BCUT2D eigenvalue weighted by Crippen LogP contribution is -2.11. The van der Waals surface area contributed by atoms with Crippen molar-refractivity contribution in [2.45, 2.75) is 13.8 Å². The molecule has 0 radical (unpaired) electrons. The second-order valence-electron chi connectivity index (χ2n) is 5.21. The molecular weight excluding hydrogens is 314 g/mol. The van der Waals surface area contributed by atoms with Gasteiger partial charge in [-0.05, 0) is 43.2 Å². The highest BCUT2D eigenvalue weighted by molar-refractivity contribution is 7.22. The van der Waals surface area contributed by atoms with Crippen LogP contribution >= 0.6 is 11.3 Å². The Labute approximate surface area is 135 Å². The van der Waals surface area contributed by atoms with Gasteiger partial charge in [0.05, 0.1) is 15.1 Å². The average molecular weight is 327 g/mol. The summed E-state index contributed by atoms with van der Waals surface area (Å²) in [5.41, 5.74) is 3.38. The highest BCUT2D eigenvalue weighted by Gasteiger charge is 2.13. The standard InChI is InChI=1S/C16H13N3O3S/c1-9-7-10(2)14-13(8-9)23-16(17-14)18-15(20)11-3-5-12(6-4-11)19(21)22/h3-8H,1-2H3,(H,17,18,20). The van der Waals surface area contributed by atoms with Gasteiger partial charge in [0, 0.05) is 17.7 Å². The van der Waals surface area contributed by atoms with Crippen LogP contribution in [0.3, 0.4) is 0 Å². The van der Waals surface area contributed by atoms with Crippen molar-refractivity contribution in [1.29, 1.82) is 0 Å². The molecular formula is C16H13N3O3S. The number of rotatable bonds is 3. The molecule has 23 heavy (non-hydrogen) atoms. The van der Waals surface area contributed by atoms with E-state index in [2.05, 4.69) is 10.3 Å². The molecule has 0 fully saturated rings. The number of non-ortho nitro benzene ring substituents is 1. The van der Waals surface area contributed by atoms with Gasteiger partial charge >= 0.3 is 0 Å². The minimum Gasteiger partial charge on any atom is -0.298 e. The molecule has 0 aliphatic carbocycles. The zero-order valence-electron chi connectivity index (χ0n) is 12.5. The number of hydrogen-bond acceptors (Lipinski definition) is 5. The van der Waals surface area contributed by atoms with Crippen molar-refractivity contribution in [1.82, 2.24) is 4.98 Å². The summed E-state index contributed by atoms with van der Waals surface area (Å²) >= 11 is 1.41. The topological polar surface area (TPSA) is 85.1 Å². The van der Waals surface area contributed by atoms with Crippen LogP contribution in [0.4, 0.5) is 10.8 Å². The zero-order chi connectivity index (χ0) is 16.6. The molecule has 0 spiro atoms. The van der Waals surface area contributed by atoms with Crippen molar-refractivity contribution in [3.8, 4) is 0 Å². The smallest absolute Gasteiger partial charge is 0.269 e. The van der Waals surface area contributed by atoms with Gasteiger partial charge in [-0.15, -0.1) is 0 Å². The normalized spacial score (nSPS) is 10.7. The maximum absolute atomic E-state index is 12.2. The van der Waals surface area contributed by atoms with Gasteiger partial charge in [0.15, 0.2) is 5.13 Å². The minimum absolute atomic E-state index is 0.0485. The Morgan fingerprint density at radius 2 is 1.91 bits per heavy atom. The third kappa shape index (κ3) is 3.04. The van der Waals surface area contributed by atoms with Gasteiger partial charge in [-0.1, -0.05) is 17.4 Å². The van der Waals surface area contributed by atoms with Crippen molar-refractivity contribution in [2.75, 3.05) is 5.32 Å². The van der Waals surface area contributed by atoms with Crippen LogP contribution in [0.5, 0.6) is 0 Å². The van der Waals surface area contributed by atoms with Gasteiger partial charge in [0.1, 0.15) is 0 Å². The first-order chi connectivity index (χ1) is 10.9. The molecule has 1 heterocycles. The first-order valence-electron chi connectivity index (χ1n) is 6.87. The third-order valence-electron chi connectivity index (χ3n) is 3.39. The second-order valence-corrected chi connectivity index (χ2v) is 6.24. The molecule has 2 aromatic carbocycles. The number of fused-ring (bicyclic) bond motifs is 1. The van der Waals surface area contributed by atoms with Gasteiger partial charge in [-0.3, -0.25) is 20.2 Å². The van der Waals surface area contributed by atoms with Crippen LogP contribution < -0.4 is 5.32 Å². The number of aromatic nitrogens is 1. The zero-order valence-corrected chi connectivity index (χ0v) is 13.3. The molecule has 7 heteroatoms. The minimum atomic E-state index is -0.500. The molecule has 0 atom stereocenters. The number of aryl methyl sites for hydroxylation is 2. The fourth-order valence-corrected chi connectivity index (χ4v) is 3.36. The summed E-state index contributed by atoms with van der Waals surface area (Å²) in [4.78, 5) is 26.8. The number of carbonyl (C=O) groups is 1. The van der Waals surface area contributed by atoms with Gasteiger partial charge in [-0.2, -0.15) is 0 Å². The van der Waals surface area contributed by atoms with Crippen molar-refractivity contribution in [3.63, 3.8) is 0 Å². The van der Waals surface area contributed by atoms with E-state index < -0.39 is 4.92 Å². The predicted octanol–water partition coefficient (Wildman–Crippen LogP) is 4.07. The summed E-state index contributed by atoms with van der Waals surface area (Å²) < 4.78 is 1.02. The average Bonchev–Trinajstić information content (AvgIpc) is 2.90. The monoisotopic (exact) mass is 327 g/mol. The molecule has 0 saturated heterocycles. The fourth-order valence-electron chi connectivity index (χ4n) is 2.33. The first kappa shape index (κ1) is 15.1. The van der Waals surface area contributed by atoms with Crippen molar-refractivity contribution in [2.24, 2.45) is 0 Å². The van der Waals surface area contributed by atoms with E-state index in [0.29, 0.717) is 10.7 Å². The molecule has 0 aliphatic heterocycles. The summed E-state index contributed by atoms with van der Waals surface area (Å²) in [6.45, 7) is 4.00. The Morgan fingerprint density at radius 3 is 2.57 bits per heavy atom. The number of nitrogens with one attached hydrogen (secondary N) is 1. The van der Waals surface area contributed by atoms with Crippen LogP contribution in [0.1, 0.15) is 21.5 Å². The Bertz CT molecular complexity index is 916. The van der Waals surface area contributed by atoms with Crippen LogP contribution in [-0.2, 0) is 0 Å². The van der Waals surface area contributed by atoms with Gasteiger partial charge in [-0.25, -0.2) is 4.98 Å². The molecule has 0 unspecified atom stereocenters.